The summed E-state index contributed by atoms with van der Waals surface area (Å²) in [5.41, 5.74) is 0.468. The summed E-state index contributed by atoms with van der Waals surface area (Å²) >= 11 is 0. The SMILES string of the molecule is COc1cc(C(=O)N2C[C@H]3[C@@H](N(C)C)CS(=O)(=O)[C@H]3C2)ccn1. The quantitative estimate of drug-likeness (QED) is 0.764. The second-order valence-electron chi connectivity index (χ2n) is 6.36. The molecule has 0 aromatic carbocycles. The molecule has 0 saturated carbocycles. The molecule has 0 aliphatic carbocycles. The lowest BCUT2D eigenvalue weighted by Crippen LogP contribution is -2.38. The Balaban J connectivity index is 1.83. The maximum Gasteiger partial charge on any atom is 0.254 e. The zero-order chi connectivity index (χ0) is 16.8. The van der Waals surface area contributed by atoms with E-state index in [-0.39, 0.29) is 30.2 Å². The molecule has 1 aromatic rings. The van der Waals surface area contributed by atoms with Crippen LogP contribution in [0.3, 0.4) is 0 Å². The molecule has 0 spiro atoms. The number of carbonyl (C=O) groups excluding carboxylic acids is 1. The van der Waals surface area contributed by atoms with Crippen molar-refractivity contribution in [2.45, 2.75) is 11.3 Å². The molecule has 2 aliphatic rings. The van der Waals surface area contributed by atoms with Crippen LogP contribution >= 0.6 is 0 Å². The zero-order valence-corrected chi connectivity index (χ0v) is 14.3. The van der Waals surface area contributed by atoms with E-state index < -0.39 is 15.1 Å². The van der Waals surface area contributed by atoms with Crippen molar-refractivity contribution in [2.75, 3.05) is 40.0 Å². The Bertz CT molecular complexity index is 719. The van der Waals surface area contributed by atoms with Gasteiger partial charge in [0, 0.05) is 42.9 Å². The molecule has 2 fully saturated rings. The Morgan fingerprint density at radius 2 is 2.13 bits per heavy atom. The van der Waals surface area contributed by atoms with Crippen LogP contribution in [0.25, 0.3) is 0 Å². The van der Waals surface area contributed by atoms with Crippen LogP contribution in [0.5, 0.6) is 5.88 Å². The van der Waals surface area contributed by atoms with Gasteiger partial charge < -0.3 is 14.5 Å². The van der Waals surface area contributed by atoms with Gasteiger partial charge in [-0.1, -0.05) is 0 Å². The average Bonchev–Trinajstić information content (AvgIpc) is 3.06. The second kappa shape index (κ2) is 5.76. The highest BCUT2D eigenvalue weighted by molar-refractivity contribution is 7.92. The summed E-state index contributed by atoms with van der Waals surface area (Å²) in [4.78, 5) is 20.2. The largest absolute Gasteiger partial charge is 0.481 e. The van der Waals surface area contributed by atoms with E-state index in [1.165, 1.54) is 13.3 Å². The number of hydrogen-bond donors (Lipinski definition) is 0. The third-order valence-corrected chi connectivity index (χ3v) is 7.04. The number of nitrogens with zero attached hydrogens (tertiary/aromatic N) is 3. The lowest BCUT2D eigenvalue weighted by atomic mass is 10.00. The fourth-order valence-electron chi connectivity index (χ4n) is 3.57. The normalized spacial score (nSPS) is 28.9. The number of aromatic nitrogens is 1. The fraction of sp³-hybridized carbons (Fsp3) is 0.600. The van der Waals surface area contributed by atoms with E-state index in [1.807, 2.05) is 19.0 Å². The van der Waals surface area contributed by atoms with Crippen molar-refractivity contribution in [3.63, 3.8) is 0 Å². The first-order valence-corrected chi connectivity index (χ1v) is 9.22. The number of methoxy groups -OCH3 is 1. The molecule has 126 valence electrons. The van der Waals surface area contributed by atoms with E-state index in [2.05, 4.69) is 4.98 Å². The van der Waals surface area contributed by atoms with Crippen molar-refractivity contribution in [1.82, 2.24) is 14.8 Å². The molecule has 3 atom stereocenters. The molecule has 2 aliphatic heterocycles. The molecule has 0 unspecified atom stereocenters. The monoisotopic (exact) mass is 339 g/mol. The molecule has 23 heavy (non-hydrogen) atoms. The van der Waals surface area contributed by atoms with Gasteiger partial charge in [0.05, 0.1) is 18.1 Å². The molecular weight excluding hydrogens is 318 g/mol. The summed E-state index contributed by atoms with van der Waals surface area (Å²) in [6.07, 6.45) is 1.52. The van der Waals surface area contributed by atoms with E-state index in [9.17, 15) is 13.2 Å². The van der Waals surface area contributed by atoms with Crippen LogP contribution in [0.2, 0.25) is 0 Å². The fourth-order valence-corrected chi connectivity index (χ4v) is 6.04. The van der Waals surface area contributed by atoms with Gasteiger partial charge in [0.15, 0.2) is 9.84 Å². The molecule has 0 radical (unpaired) electrons. The molecule has 0 N–H and O–H groups in total. The number of rotatable bonds is 3. The smallest absolute Gasteiger partial charge is 0.254 e. The van der Waals surface area contributed by atoms with Gasteiger partial charge in [-0.05, 0) is 20.2 Å². The summed E-state index contributed by atoms with van der Waals surface area (Å²) in [7, 11) is 2.12. The maximum absolute atomic E-state index is 12.7. The highest BCUT2D eigenvalue weighted by atomic mass is 32.2. The van der Waals surface area contributed by atoms with Crippen molar-refractivity contribution < 1.29 is 17.9 Å². The molecule has 3 rings (SSSR count). The first-order chi connectivity index (χ1) is 10.8. The molecule has 7 nitrogen and oxygen atoms in total. The zero-order valence-electron chi connectivity index (χ0n) is 13.5. The van der Waals surface area contributed by atoms with E-state index >= 15 is 0 Å². The van der Waals surface area contributed by atoms with Crippen molar-refractivity contribution >= 4 is 15.7 Å². The number of likely N-dealkylation sites (tertiary alicyclic amines) is 1. The number of sulfone groups is 1. The Kier molecular flexibility index (Phi) is 4.05. The molecule has 1 amide bonds. The molecule has 1 aromatic heterocycles. The number of hydrogen-bond acceptors (Lipinski definition) is 6. The molecule has 0 bridgehead atoms. The molecule has 2 saturated heterocycles. The predicted octanol–water partition coefficient (Wildman–Crippen LogP) is -0.111. The van der Waals surface area contributed by atoms with Gasteiger partial charge in [0.25, 0.3) is 5.91 Å². The highest BCUT2D eigenvalue weighted by Gasteiger charge is 2.53. The number of carbonyl (C=O) groups is 1. The Morgan fingerprint density at radius 3 is 2.78 bits per heavy atom. The van der Waals surface area contributed by atoms with E-state index in [4.69, 9.17) is 4.74 Å². The van der Waals surface area contributed by atoms with Crippen LogP contribution in [0, 0.1) is 5.92 Å². The maximum atomic E-state index is 12.7. The van der Waals surface area contributed by atoms with Crippen LogP contribution in [-0.2, 0) is 9.84 Å². The Labute approximate surface area is 136 Å². The molecular formula is C15H21N3O4S. The molecule has 8 heteroatoms. The van der Waals surface area contributed by atoms with Gasteiger partial charge in [-0.25, -0.2) is 13.4 Å². The van der Waals surface area contributed by atoms with Crippen LogP contribution < -0.4 is 4.74 Å². The van der Waals surface area contributed by atoms with Gasteiger partial charge >= 0.3 is 0 Å². The van der Waals surface area contributed by atoms with Crippen molar-refractivity contribution in [3.05, 3.63) is 23.9 Å². The minimum absolute atomic E-state index is 0.0253. The van der Waals surface area contributed by atoms with Crippen LogP contribution in [0.15, 0.2) is 18.3 Å². The number of ether oxygens (including phenoxy) is 1. The van der Waals surface area contributed by atoms with Crippen LogP contribution in [0.4, 0.5) is 0 Å². The van der Waals surface area contributed by atoms with Crippen molar-refractivity contribution in [3.8, 4) is 5.88 Å². The van der Waals surface area contributed by atoms with Gasteiger partial charge in [-0.2, -0.15) is 0 Å². The summed E-state index contributed by atoms with van der Waals surface area (Å²) in [5, 5.41) is -0.456. The summed E-state index contributed by atoms with van der Waals surface area (Å²) in [6, 6.07) is 3.17. The minimum atomic E-state index is -3.15. The average molecular weight is 339 g/mol. The Hall–Kier alpha value is -1.67. The van der Waals surface area contributed by atoms with E-state index in [0.29, 0.717) is 18.0 Å². The highest BCUT2D eigenvalue weighted by Crippen LogP contribution is 2.36. The first kappa shape index (κ1) is 16.2. The van der Waals surface area contributed by atoms with Crippen molar-refractivity contribution in [2.24, 2.45) is 5.92 Å². The minimum Gasteiger partial charge on any atom is -0.481 e. The number of fused-ring (bicyclic) bond motifs is 1. The van der Waals surface area contributed by atoms with Crippen LogP contribution in [-0.4, -0.2) is 80.4 Å². The third kappa shape index (κ3) is 2.81. The molecule has 3 heterocycles. The number of pyridine rings is 1. The predicted molar refractivity (Wildman–Crippen MR) is 85.2 cm³/mol. The van der Waals surface area contributed by atoms with E-state index in [1.54, 1.807) is 17.0 Å². The first-order valence-electron chi connectivity index (χ1n) is 7.51. The van der Waals surface area contributed by atoms with Gasteiger partial charge in [-0.3, -0.25) is 4.79 Å². The Morgan fingerprint density at radius 1 is 1.39 bits per heavy atom. The van der Waals surface area contributed by atoms with Crippen LogP contribution in [0.1, 0.15) is 10.4 Å². The standard InChI is InChI=1S/C15H21N3O4S/c1-17(2)12-9-23(20,21)13-8-18(7-11(12)13)15(19)10-4-5-16-14(6-10)22-3/h4-6,11-13H,7-9H2,1-3H3/t11-,12-,13-/m0/s1. The third-order valence-electron chi connectivity index (χ3n) is 4.81. The van der Waals surface area contributed by atoms with Gasteiger partial charge in [-0.15, -0.1) is 0 Å². The van der Waals surface area contributed by atoms with Gasteiger partial charge in [0.2, 0.25) is 5.88 Å². The lowest BCUT2D eigenvalue weighted by molar-refractivity contribution is 0.0779. The summed E-state index contributed by atoms with van der Waals surface area (Å²) < 4.78 is 29.8. The van der Waals surface area contributed by atoms with Crippen molar-refractivity contribution in [1.29, 1.82) is 0 Å². The lowest BCUT2D eigenvalue weighted by Gasteiger charge is -2.25. The number of amides is 1. The van der Waals surface area contributed by atoms with Gasteiger partial charge in [0.1, 0.15) is 0 Å². The van der Waals surface area contributed by atoms with E-state index in [0.717, 1.165) is 0 Å². The summed E-state index contributed by atoms with van der Waals surface area (Å²) in [6.45, 7) is 0.733. The topological polar surface area (TPSA) is 79.8 Å². The second-order valence-corrected chi connectivity index (χ2v) is 8.62. The summed E-state index contributed by atoms with van der Waals surface area (Å²) in [5.74, 6) is 0.352.